The smallest absolute Gasteiger partial charge is 0.407 e. The van der Waals surface area contributed by atoms with E-state index in [4.69, 9.17) is 5.73 Å². The van der Waals surface area contributed by atoms with Crippen LogP contribution in [0.5, 0.6) is 0 Å². The third-order valence-electron chi connectivity index (χ3n) is 3.04. The summed E-state index contributed by atoms with van der Waals surface area (Å²) in [5.74, 6) is -0.455. The number of urea groups is 1. The van der Waals surface area contributed by atoms with Crippen molar-refractivity contribution < 1.29 is 23.9 Å². The van der Waals surface area contributed by atoms with E-state index in [2.05, 4.69) is 14.8 Å². The number of hydrogen-bond acceptors (Lipinski definition) is 5. The molecular weight excluding hydrogens is 254 g/mol. The Morgan fingerprint density at radius 2 is 1.95 bits per heavy atom. The fraction of sp³-hybridized carbons (Fsp3) is 0.727. The highest BCUT2D eigenvalue weighted by atomic mass is 16.5. The van der Waals surface area contributed by atoms with Gasteiger partial charge in [-0.05, 0) is 12.3 Å². The highest BCUT2D eigenvalue weighted by Gasteiger charge is 2.31. The van der Waals surface area contributed by atoms with Crippen LogP contribution in [0, 0.1) is 5.92 Å². The summed E-state index contributed by atoms with van der Waals surface area (Å²) >= 11 is 0. The zero-order chi connectivity index (χ0) is 14.4. The monoisotopic (exact) mass is 273 g/mol. The van der Waals surface area contributed by atoms with Crippen molar-refractivity contribution in [2.24, 2.45) is 11.7 Å². The molecule has 0 aliphatic carbocycles. The van der Waals surface area contributed by atoms with Gasteiger partial charge in [0.05, 0.1) is 26.7 Å². The summed E-state index contributed by atoms with van der Waals surface area (Å²) in [5, 5.41) is 2.61. The van der Waals surface area contributed by atoms with E-state index in [1.54, 1.807) is 0 Å². The van der Waals surface area contributed by atoms with Crippen molar-refractivity contribution in [2.75, 3.05) is 27.3 Å². The molecular formula is C11H19N3O5. The minimum atomic E-state index is -0.578. The van der Waals surface area contributed by atoms with Gasteiger partial charge in [0.25, 0.3) is 0 Å². The topological polar surface area (TPSA) is 111 Å². The fourth-order valence-corrected chi connectivity index (χ4v) is 2.18. The molecule has 0 saturated carbocycles. The molecule has 8 nitrogen and oxygen atoms in total. The van der Waals surface area contributed by atoms with Gasteiger partial charge in [0, 0.05) is 13.1 Å². The Balaban J connectivity index is 2.64. The summed E-state index contributed by atoms with van der Waals surface area (Å²) in [7, 11) is 2.57. The Bertz CT molecular complexity index is 334. The van der Waals surface area contributed by atoms with Crippen LogP contribution in [0.15, 0.2) is 0 Å². The molecule has 2 atom stereocenters. The molecule has 0 bridgehead atoms. The van der Waals surface area contributed by atoms with Crippen LogP contribution >= 0.6 is 0 Å². The van der Waals surface area contributed by atoms with Crippen LogP contribution in [-0.2, 0) is 14.3 Å². The molecule has 19 heavy (non-hydrogen) atoms. The van der Waals surface area contributed by atoms with Crippen molar-refractivity contribution in [3.05, 3.63) is 0 Å². The van der Waals surface area contributed by atoms with E-state index in [0.717, 1.165) is 0 Å². The van der Waals surface area contributed by atoms with Crippen molar-refractivity contribution in [1.29, 1.82) is 0 Å². The number of rotatable bonds is 3. The van der Waals surface area contributed by atoms with E-state index < -0.39 is 12.1 Å². The van der Waals surface area contributed by atoms with E-state index in [1.807, 2.05) is 0 Å². The second kappa shape index (κ2) is 6.81. The number of carbonyl (C=O) groups is 3. The van der Waals surface area contributed by atoms with Gasteiger partial charge in [-0.3, -0.25) is 4.79 Å². The van der Waals surface area contributed by atoms with E-state index in [0.29, 0.717) is 19.5 Å². The fourth-order valence-electron chi connectivity index (χ4n) is 2.18. The summed E-state index contributed by atoms with van der Waals surface area (Å²) in [6.45, 7) is 0.686. The van der Waals surface area contributed by atoms with Gasteiger partial charge in [-0.15, -0.1) is 0 Å². The van der Waals surface area contributed by atoms with Gasteiger partial charge in [-0.25, -0.2) is 9.59 Å². The number of likely N-dealkylation sites (tertiary alicyclic amines) is 1. The van der Waals surface area contributed by atoms with Gasteiger partial charge in [0.1, 0.15) is 0 Å². The minimum Gasteiger partial charge on any atom is -0.469 e. The Morgan fingerprint density at radius 3 is 2.47 bits per heavy atom. The maximum absolute atomic E-state index is 11.3. The molecule has 0 radical (unpaired) electrons. The van der Waals surface area contributed by atoms with Gasteiger partial charge in [0.2, 0.25) is 0 Å². The number of methoxy groups -OCH3 is 2. The SMILES string of the molecule is COC(=O)CC1CC(NC(=O)OC)CN(C(N)=O)C1. The summed E-state index contributed by atoms with van der Waals surface area (Å²) in [6, 6.07) is -0.866. The highest BCUT2D eigenvalue weighted by Crippen LogP contribution is 2.20. The molecule has 8 heteroatoms. The summed E-state index contributed by atoms with van der Waals surface area (Å²) in [5.41, 5.74) is 5.25. The number of nitrogens with zero attached hydrogens (tertiary/aromatic N) is 1. The first-order valence-electron chi connectivity index (χ1n) is 5.92. The molecule has 0 aromatic carbocycles. The van der Waals surface area contributed by atoms with Crippen LogP contribution in [0.2, 0.25) is 0 Å². The van der Waals surface area contributed by atoms with Crippen molar-refractivity contribution >= 4 is 18.1 Å². The summed E-state index contributed by atoms with van der Waals surface area (Å²) < 4.78 is 9.11. The van der Waals surface area contributed by atoms with Crippen molar-refractivity contribution in [3.63, 3.8) is 0 Å². The number of ether oxygens (including phenoxy) is 2. The number of alkyl carbamates (subject to hydrolysis) is 1. The van der Waals surface area contributed by atoms with Gasteiger partial charge >= 0.3 is 18.1 Å². The number of primary amides is 1. The normalized spacial score (nSPS) is 22.5. The third-order valence-corrected chi connectivity index (χ3v) is 3.04. The van der Waals surface area contributed by atoms with Crippen molar-refractivity contribution in [1.82, 2.24) is 10.2 Å². The van der Waals surface area contributed by atoms with Gasteiger partial charge in [-0.2, -0.15) is 0 Å². The number of carbonyl (C=O) groups excluding carboxylic acids is 3. The van der Waals surface area contributed by atoms with Crippen LogP contribution in [0.3, 0.4) is 0 Å². The summed E-state index contributed by atoms with van der Waals surface area (Å²) in [6.07, 6.45) is 0.168. The lowest BCUT2D eigenvalue weighted by molar-refractivity contribution is -0.142. The molecule has 0 spiro atoms. The van der Waals surface area contributed by atoms with Crippen molar-refractivity contribution in [2.45, 2.75) is 18.9 Å². The zero-order valence-electron chi connectivity index (χ0n) is 11.0. The average molecular weight is 273 g/mol. The van der Waals surface area contributed by atoms with E-state index in [1.165, 1.54) is 19.1 Å². The Labute approximate surface area is 111 Å². The molecule has 3 N–H and O–H groups in total. The van der Waals surface area contributed by atoms with E-state index >= 15 is 0 Å². The number of amides is 3. The number of piperidine rings is 1. The second-order valence-electron chi connectivity index (χ2n) is 4.46. The second-order valence-corrected chi connectivity index (χ2v) is 4.46. The maximum Gasteiger partial charge on any atom is 0.407 e. The van der Waals surface area contributed by atoms with E-state index in [9.17, 15) is 14.4 Å². The first kappa shape index (κ1) is 15.1. The van der Waals surface area contributed by atoms with Gasteiger partial charge in [0.15, 0.2) is 0 Å². The lowest BCUT2D eigenvalue weighted by atomic mass is 9.91. The standard InChI is InChI=1S/C11H19N3O5/c1-18-9(15)4-7-3-8(13-11(17)19-2)6-14(5-7)10(12)16/h7-8H,3-6H2,1-2H3,(H2,12,16)(H,13,17). The molecule has 0 aromatic heterocycles. The Morgan fingerprint density at radius 1 is 1.26 bits per heavy atom. The minimum absolute atomic E-state index is 0.101. The predicted molar refractivity (Wildman–Crippen MR) is 65.2 cm³/mol. The number of esters is 1. The quantitative estimate of drug-likeness (QED) is 0.684. The third kappa shape index (κ3) is 4.65. The first-order valence-corrected chi connectivity index (χ1v) is 5.92. The maximum atomic E-state index is 11.3. The number of hydrogen-bond donors (Lipinski definition) is 2. The van der Waals surface area contributed by atoms with Gasteiger partial charge in [-0.1, -0.05) is 0 Å². The van der Waals surface area contributed by atoms with Crippen LogP contribution in [-0.4, -0.2) is 56.3 Å². The Kier molecular flexibility index (Phi) is 5.40. The lowest BCUT2D eigenvalue weighted by Crippen LogP contribution is -2.54. The number of nitrogens with two attached hydrogens (primary N) is 1. The van der Waals surface area contributed by atoms with E-state index in [-0.39, 0.29) is 24.3 Å². The predicted octanol–water partition coefficient (Wildman–Crippen LogP) is -0.325. The van der Waals surface area contributed by atoms with Crippen LogP contribution in [0.4, 0.5) is 9.59 Å². The largest absolute Gasteiger partial charge is 0.469 e. The molecule has 1 saturated heterocycles. The van der Waals surface area contributed by atoms with Crippen LogP contribution in [0.1, 0.15) is 12.8 Å². The molecule has 1 heterocycles. The Hall–Kier alpha value is -1.99. The highest BCUT2D eigenvalue weighted by molar-refractivity contribution is 5.73. The molecule has 0 aromatic rings. The molecule has 1 rings (SSSR count). The average Bonchev–Trinajstić information content (AvgIpc) is 2.37. The lowest BCUT2D eigenvalue weighted by Gasteiger charge is -2.36. The van der Waals surface area contributed by atoms with Crippen LogP contribution in [0.25, 0.3) is 0 Å². The van der Waals surface area contributed by atoms with Crippen molar-refractivity contribution in [3.8, 4) is 0 Å². The molecule has 2 unspecified atom stereocenters. The number of nitrogens with one attached hydrogen (secondary N) is 1. The molecule has 1 aliphatic heterocycles. The molecule has 108 valence electrons. The molecule has 1 aliphatic rings. The summed E-state index contributed by atoms with van der Waals surface area (Å²) in [4.78, 5) is 35.1. The zero-order valence-corrected chi connectivity index (χ0v) is 11.0. The molecule has 3 amide bonds. The van der Waals surface area contributed by atoms with Crippen LogP contribution < -0.4 is 11.1 Å². The first-order chi connectivity index (χ1) is 8.96. The molecule has 1 fully saturated rings. The van der Waals surface area contributed by atoms with Gasteiger partial charge < -0.3 is 25.4 Å².